The molecule has 0 unspecified atom stereocenters. The van der Waals surface area contributed by atoms with Gasteiger partial charge in [-0.15, -0.1) is 5.10 Å². The highest BCUT2D eigenvalue weighted by Gasteiger charge is 2.26. The molecule has 176 valence electrons. The van der Waals surface area contributed by atoms with Crippen LogP contribution in [0.4, 0.5) is 10.6 Å². The van der Waals surface area contributed by atoms with E-state index in [-0.39, 0.29) is 5.92 Å². The van der Waals surface area contributed by atoms with E-state index < -0.39 is 6.09 Å². The second-order valence-corrected chi connectivity index (χ2v) is 8.94. The number of anilines is 1. The molecule has 6 rings (SSSR count). The molecule has 1 saturated heterocycles. The number of allylic oxidation sites excluding steroid dienone is 6. The van der Waals surface area contributed by atoms with Crippen LogP contribution in [0, 0.1) is 0 Å². The van der Waals surface area contributed by atoms with Crippen molar-refractivity contribution in [1.82, 2.24) is 24.4 Å². The topological polar surface area (TPSA) is 77.2 Å². The Morgan fingerprint density at radius 1 is 1.00 bits per heavy atom. The number of carbonyl (C=O) groups is 1. The lowest BCUT2D eigenvalue weighted by molar-refractivity contribution is 0.175. The summed E-state index contributed by atoms with van der Waals surface area (Å²) in [4.78, 5) is 22.1. The number of hydrogen-bond donors (Lipinski definition) is 1. The molecule has 0 radical (unpaired) electrons. The Balaban J connectivity index is 1.26. The van der Waals surface area contributed by atoms with Gasteiger partial charge in [0, 0.05) is 56.6 Å². The second kappa shape index (κ2) is 8.88. The van der Waals surface area contributed by atoms with Crippen molar-refractivity contribution in [2.24, 2.45) is 0 Å². The summed E-state index contributed by atoms with van der Waals surface area (Å²) in [6.07, 6.45) is 12.0. The molecule has 8 nitrogen and oxygen atoms in total. The zero-order valence-electron chi connectivity index (χ0n) is 19.2. The number of amides is 1. The number of fused-ring (bicyclic) bond motifs is 1. The normalized spacial score (nSPS) is 18.2. The lowest BCUT2D eigenvalue weighted by Gasteiger charge is -2.35. The molecule has 0 bridgehead atoms. The first-order chi connectivity index (χ1) is 17.2. The van der Waals surface area contributed by atoms with E-state index in [0.717, 1.165) is 66.0 Å². The standard InChI is InChI=1S/C27H26N6O2/c34-27(35)32-13-11-22(12-14-32)26-25(21-7-4-8-21)28-23-9-10-24(29-33(23)26)31-17-15-30(16-18-31)19-20-5-2-1-3-6-20/h1-14,22H,15-19H2,(H,34,35). The largest absolute Gasteiger partial charge is 0.464 e. The summed E-state index contributed by atoms with van der Waals surface area (Å²) < 4.78 is 1.92. The zero-order valence-corrected chi connectivity index (χ0v) is 19.2. The molecule has 2 aliphatic heterocycles. The van der Waals surface area contributed by atoms with Crippen molar-refractivity contribution in [3.8, 4) is 0 Å². The Bertz CT molecular complexity index is 1370. The molecule has 0 spiro atoms. The lowest BCUT2D eigenvalue weighted by atomic mass is 9.95. The average Bonchev–Trinajstić information content (AvgIpc) is 3.22. The highest BCUT2D eigenvalue weighted by molar-refractivity contribution is 5.82. The average molecular weight is 467 g/mol. The van der Waals surface area contributed by atoms with Crippen LogP contribution in [-0.4, -0.2) is 61.8 Å². The number of hydrogen-bond acceptors (Lipinski definition) is 5. The molecule has 8 heteroatoms. The Labute approximate surface area is 203 Å². The zero-order chi connectivity index (χ0) is 23.8. The number of aromatic nitrogens is 3. The van der Waals surface area contributed by atoms with Gasteiger partial charge in [0.15, 0.2) is 5.65 Å². The van der Waals surface area contributed by atoms with Crippen LogP contribution in [0.25, 0.3) is 11.2 Å². The van der Waals surface area contributed by atoms with Crippen LogP contribution in [-0.2, 0) is 6.54 Å². The second-order valence-electron chi connectivity index (χ2n) is 8.94. The van der Waals surface area contributed by atoms with Crippen LogP contribution in [0.2, 0.25) is 0 Å². The van der Waals surface area contributed by atoms with Gasteiger partial charge in [0.2, 0.25) is 0 Å². The van der Waals surface area contributed by atoms with Gasteiger partial charge < -0.3 is 10.0 Å². The Morgan fingerprint density at radius 2 is 1.74 bits per heavy atom. The minimum absolute atomic E-state index is 0.129. The molecule has 1 fully saturated rings. The van der Waals surface area contributed by atoms with Crippen molar-refractivity contribution in [1.29, 1.82) is 0 Å². The fourth-order valence-corrected chi connectivity index (χ4v) is 4.74. The number of benzene rings is 1. The van der Waals surface area contributed by atoms with E-state index in [4.69, 9.17) is 10.1 Å². The van der Waals surface area contributed by atoms with E-state index in [1.54, 1.807) is 12.4 Å². The SMILES string of the molecule is O=C(O)N1C=CC(c2c(C3=CC=C3)nc3ccc(N4CCN(Cc5ccccc5)CC4)nn23)C=C1. The Kier molecular flexibility index (Phi) is 5.42. The number of rotatable bonds is 5. The minimum atomic E-state index is -1.01. The van der Waals surface area contributed by atoms with Gasteiger partial charge in [-0.3, -0.25) is 9.80 Å². The molecule has 1 amide bonds. The Hall–Kier alpha value is -4.17. The summed E-state index contributed by atoms with van der Waals surface area (Å²) in [5, 5.41) is 14.3. The van der Waals surface area contributed by atoms with Gasteiger partial charge in [-0.1, -0.05) is 60.7 Å². The van der Waals surface area contributed by atoms with Crippen molar-refractivity contribution in [3.05, 3.63) is 102 Å². The first-order valence-electron chi connectivity index (χ1n) is 11.8. The molecule has 4 heterocycles. The maximum atomic E-state index is 11.3. The fourth-order valence-electron chi connectivity index (χ4n) is 4.74. The van der Waals surface area contributed by atoms with E-state index in [1.807, 2.05) is 47.0 Å². The van der Waals surface area contributed by atoms with Crippen LogP contribution in [0.5, 0.6) is 0 Å². The van der Waals surface area contributed by atoms with E-state index in [2.05, 4.69) is 40.1 Å². The third-order valence-electron chi connectivity index (χ3n) is 6.71. The summed E-state index contributed by atoms with van der Waals surface area (Å²) in [7, 11) is 0. The van der Waals surface area contributed by atoms with Crippen LogP contribution in [0.3, 0.4) is 0 Å². The smallest absolute Gasteiger partial charge is 0.415 e. The molecule has 35 heavy (non-hydrogen) atoms. The number of carboxylic acid groups (broad SMARTS) is 1. The van der Waals surface area contributed by atoms with Gasteiger partial charge in [-0.05, 0) is 17.7 Å². The maximum absolute atomic E-state index is 11.3. The molecule has 3 aliphatic rings. The first-order valence-corrected chi connectivity index (χ1v) is 11.8. The molecule has 1 N–H and O–H groups in total. The van der Waals surface area contributed by atoms with E-state index in [0.29, 0.717) is 0 Å². The lowest BCUT2D eigenvalue weighted by Crippen LogP contribution is -2.46. The third kappa shape index (κ3) is 4.13. The number of nitrogens with zero attached hydrogens (tertiary/aromatic N) is 6. The van der Waals surface area contributed by atoms with Gasteiger partial charge in [-0.25, -0.2) is 14.3 Å². The highest BCUT2D eigenvalue weighted by Crippen LogP contribution is 2.33. The van der Waals surface area contributed by atoms with Crippen molar-refractivity contribution in [3.63, 3.8) is 0 Å². The van der Waals surface area contributed by atoms with Crippen LogP contribution in [0.15, 0.2) is 85.2 Å². The van der Waals surface area contributed by atoms with E-state index >= 15 is 0 Å². The van der Waals surface area contributed by atoms with Crippen LogP contribution >= 0.6 is 0 Å². The van der Waals surface area contributed by atoms with Gasteiger partial charge in [0.25, 0.3) is 0 Å². The van der Waals surface area contributed by atoms with Crippen molar-refractivity contribution in [2.75, 3.05) is 31.1 Å². The first kappa shape index (κ1) is 21.4. The fraction of sp³-hybridized carbons (Fsp3) is 0.222. The maximum Gasteiger partial charge on any atom is 0.415 e. The van der Waals surface area contributed by atoms with Crippen LogP contribution < -0.4 is 4.90 Å². The molecule has 3 aromatic rings. The van der Waals surface area contributed by atoms with Crippen molar-refractivity contribution < 1.29 is 9.90 Å². The van der Waals surface area contributed by atoms with Crippen LogP contribution in [0.1, 0.15) is 22.9 Å². The van der Waals surface area contributed by atoms with Gasteiger partial charge >= 0.3 is 6.09 Å². The van der Waals surface area contributed by atoms with Gasteiger partial charge in [-0.2, -0.15) is 0 Å². The summed E-state index contributed by atoms with van der Waals surface area (Å²) in [6.45, 7) is 4.74. The minimum Gasteiger partial charge on any atom is -0.464 e. The monoisotopic (exact) mass is 466 g/mol. The van der Waals surface area contributed by atoms with E-state index in [9.17, 15) is 9.90 Å². The molecule has 1 aliphatic carbocycles. The molecular formula is C27H26N6O2. The number of imidazole rings is 1. The summed E-state index contributed by atoms with van der Waals surface area (Å²) >= 11 is 0. The third-order valence-corrected chi connectivity index (χ3v) is 6.71. The van der Waals surface area contributed by atoms with Gasteiger partial charge in [0.1, 0.15) is 5.82 Å². The summed E-state index contributed by atoms with van der Waals surface area (Å²) in [5.74, 6) is 0.798. The number of piperazine rings is 1. The Morgan fingerprint density at radius 3 is 2.40 bits per heavy atom. The molecule has 1 aromatic carbocycles. The van der Waals surface area contributed by atoms with Crippen molar-refractivity contribution >= 4 is 23.1 Å². The summed E-state index contributed by atoms with van der Waals surface area (Å²) in [5.41, 5.74) is 5.00. The predicted molar refractivity (Wildman–Crippen MR) is 135 cm³/mol. The van der Waals surface area contributed by atoms with Crippen molar-refractivity contribution in [2.45, 2.75) is 12.5 Å². The predicted octanol–water partition coefficient (Wildman–Crippen LogP) is 4.11. The highest BCUT2D eigenvalue weighted by atomic mass is 16.4. The van der Waals surface area contributed by atoms with Gasteiger partial charge in [0.05, 0.1) is 11.4 Å². The molecule has 0 atom stereocenters. The van der Waals surface area contributed by atoms with E-state index in [1.165, 1.54) is 5.56 Å². The molecular weight excluding hydrogens is 440 g/mol. The molecule has 0 saturated carbocycles. The quantitative estimate of drug-likeness (QED) is 0.610. The molecule has 2 aromatic heterocycles. The summed E-state index contributed by atoms with van der Waals surface area (Å²) in [6, 6.07) is 14.7.